The zero-order valence-electron chi connectivity index (χ0n) is 3.90. The van der Waals surface area contributed by atoms with E-state index in [1.165, 1.54) is 0 Å². The summed E-state index contributed by atoms with van der Waals surface area (Å²) in [5.74, 6) is 0. The lowest BCUT2D eigenvalue weighted by Gasteiger charge is -2.04. The van der Waals surface area contributed by atoms with Crippen LogP contribution in [0.5, 0.6) is 0 Å². The molecule has 3 heteroatoms. The van der Waals surface area contributed by atoms with Crippen LogP contribution in [0.3, 0.4) is 0 Å². The van der Waals surface area contributed by atoms with Crippen molar-refractivity contribution in [2.45, 2.75) is 0 Å². The molecule has 1 aliphatic heterocycles. The molecule has 0 aromatic carbocycles. The topological polar surface area (TPSA) is 15.3 Å². The van der Waals surface area contributed by atoms with Gasteiger partial charge in [-0.05, 0) is 15.9 Å². The Labute approximate surface area is 51.3 Å². The van der Waals surface area contributed by atoms with Gasteiger partial charge in [-0.25, -0.2) is 0 Å². The van der Waals surface area contributed by atoms with Crippen LogP contribution in [-0.2, 0) is 0 Å². The summed E-state index contributed by atoms with van der Waals surface area (Å²) < 4.78 is 1.01. The van der Waals surface area contributed by atoms with E-state index in [1.54, 1.807) is 0 Å². The first kappa shape index (κ1) is 4.97. The van der Waals surface area contributed by atoms with Gasteiger partial charge in [-0.1, -0.05) is 0 Å². The maximum absolute atomic E-state index is 3.27. The van der Waals surface area contributed by atoms with Crippen molar-refractivity contribution in [1.29, 1.82) is 0 Å². The fourth-order valence-corrected chi connectivity index (χ4v) is 0.542. The van der Waals surface area contributed by atoms with E-state index in [0.29, 0.717) is 0 Å². The standard InChI is InChI=1S/C4H5BrN2/c1-7-3-6-2-4(7)5/h2,6H,1H3. The van der Waals surface area contributed by atoms with E-state index < -0.39 is 0 Å². The lowest BCUT2D eigenvalue weighted by atomic mass is 10.9. The molecule has 0 atom stereocenters. The third kappa shape index (κ3) is 0.881. The second-order valence-corrected chi connectivity index (χ2v) is 2.09. The quantitative estimate of drug-likeness (QED) is 0.526. The van der Waals surface area contributed by atoms with Gasteiger partial charge in [0.2, 0.25) is 6.67 Å². The highest BCUT2D eigenvalue weighted by molar-refractivity contribution is 9.11. The predicted octanol–water partition coefficient (Wildman–Crippen LogP) is 0.711. The van der Waals surface area contributed by atoms with Crippen molar-refractivity contribution in [1.82, 2.24) is 10.2 Å². The predicted molar refractivity (Wildman–Crippen MR) is 31.2 cm³/mol. The van der Waals surface area contributed by atoms with Crippen LogP contribution < -0.4 is 5.32 Å². The molecule has 0 fully saturated rings. The highest BCUT2D eigenvalue weighted by Gasteiger charge is 2.05. The Balaban J connectivity index is 2.54. The van der Waals surface area contributed by atoms with Crippen molar-refractivity contribution >= 4 is 15.9 Å². The highest BCUT2D eigenvalue weighted by atomic mass is 79.9. The molecule has 1 aliphatic rings. The molecule has 0 aromatic rings. The average molecular weight is 161 g/mol. The van der Waals surface area contributed by atoms with Crippen molar-refractivity contribution in [2.75, 3.05) is 7.05 Å². The van der Waals surface area contributed by atoms with E-state index in [-0.39, 0.29) is 0 Å². The number of halogens is 1. The lowest BCUT2D eigenvalue weighted by Crippen LogP contribution is -2.09. The van der Waals surface area contributed by atoms with E-state index in [2.05, 4.69) is 27.9 Å². The molecule has 38 valence electrons. The van der Waals surface area contributed by atoms with Crippen LogP contribution in [0.1, 0.15) is 0 Å². The molecular formula is C4H5BrN2. The third-order valence-corrected chi connectivity index (χ3v) is 1.50. The minimum atomic E-state index is 1.01. The van der Waals surface area contributed by atoms with Gasteiger partial charge in [0, 0.05) is 13.2 Å². The maximum Gasteiger partial charge on any atom is 0.205 e. The Morgan fingerprint density at radius 3 is 2.86 bits per heavy atom. The van der Waals surface area contributed by atoms with Crippen molar-refractivity contribution < 1.29 is 0 Å². The second-order valence-electron chi connectivity index (χ2n) is 1.28. The fraction of sp³-hybridized carbons (Fsp3) is 0.250. The number of hydrogen-bond acceptors (Lipinski definition) is 2. The van der Waals surface area contributed by atoms with Crippen molar-refractivity contribution in [3.63, 3.8) is 0 Å². The van der Waals surface area contributed by atoms with Gasteiger partial charge in [0.25, 0.3) is 0 Å². The van der Waals surface area contributed by atoms with Gasteiger partial charge in [-0.2, -0.15) is 0 Å². The molecule has 1 rings (SSSR count). The van der Waals surface area contributed by atoms with Crippen LogP contribution in [0.4, 0.5) is 0 Å². The van der Waals surface area contributed by atoms with Gasteiger partial charge in [-0.3, -0.25) is 0 Å². The van der Waals surface area contributed by atoms with Gasteiger partial charge in [0.15, 0.2) is 0 Å². The molecule has 0 aromatic heterocycles. The molecular weight excluding hydrogens is 156 g/mol. The summed E-state index contributed by atoms with van der Waals surface area (Å²) in [4.78, 5) is 1.82. The van der Waals surface area contributed by atoms with Crippen molar-refractivity contribution in [3.05, 3.63) is 17.5 Å². The summed E-state index contributed by atoms with van der Waals surface area (Å²) >= 11 is 3.27. The molecule has 1 heterocycles. The van der Waals surface area contributed by atoms with Gasteiger partial charge in [0.1, 0.15) is 0 Å². The van der Waals surface area contributed by atoms with E-state index in [0.717, 1.165) is 4.61 Å². The number of rotatable bonds is 0. The van der Waals surface area contributed by atoms with Crippen LogP contribution in [0, 0.1) is 6.67 Å². The Morgan fingerprint density at radius 1 is 2.00 bits per heavy atom. The molecule has 0 unspecified atom stereocenters. The zero-order valence-corrected chi connectivity index (χ0v) is 5.49. The molecule has 0 saturated heterocycles. The Bertz CT molecular complexity index is 99.9. The molecule has 1 N–H and O–H groups in total. The van der Waals surface area contributed by atoms with E-state index in [1.807, 2.05) is 18.1 Å². The van der Waals surface area contributed by atoms with Crippen LogP contribution in [0.25, 0.3) is 0 Å². The molecule has 0 spiro atoms. The van der Waals surface area contributed by atoms with Crippen molar-refractivity contribution in [3.8, 4) is 0 Å². The highest BCUT2D eigenvalue weighted by Crippen LogP contribution is 2.13. The fourth-order valence-electron chi connectivity index (χ4n) is 0.339. The normalized spacial score (nSPS) is 19.1. The van der Waals surface area contributed by atoms with Gasteiger partial charge in [0.05, 0.1) is 4.61 Å². The van der Waals surface area contributed by atoms with Crippen LogP contribution in [-0.4, -0.2) is 11.9 Å². The van der Waals surface area contributed by atoms with Gasteiger partial charge >= 0.3 is 0 Å². The molecule has 0 bridgehead atoms. The molecule has 0 amide bonds. The molecule has 7 heavy (non-hydrogen) atoms. The van der Waals surface area contributed by atoms with Crippen molar-refractivity contribution in [2.24, 2.45) is 0 Å². The Kier molecular flexibility index (Phi) is 1.23. The van der Waals surface area contributed by atoms with E-state index in [9.17, 15) is 0 Å². The SMILES string of the molecule is CN1[C]NC=C1Br. The van der Waals surface area contributed by atoms with Crippen LogP contribution >= 0.6 is 15.9 Å². The Hall–Kier alpha value is -0.180. The van der Waals surface area contributed by atoms with E-state index >= 15 is 0 Å². The smallest absolute Gasteiger partial charge is 0.205 e. The molecule has 0 aliphatic carbocycles. The van der Waals surface area contributed by atoms with Crippen LogP contribution in [0.2, 0.25) is 0 Å². The minimum Gasteiger partial charge on any atom is -0.359 e. The van der Waals surface area contributed by atoms with Crippen LogP contribution in [0.15, 0.2) is 10.8 Å². The number of nitrogens with zero attached hydrogens (tertiary/aromatic N) is 1. The largest absolute Gasteiger partial charge is 0.359 e. The summed E-state index contributed by atoms with van der Waals surface area (Å²) in [6.07, 6.45) is 1.82. The third-order valence-electron chi connectivity index (χ3n) is 0.744. The number of nitrogens with one attached hydrogen (secondary N) is 1. The molecule has 2 radical (unpaired) electrons. The second kappa shape index (κ2) is 1.74. The summed E-state index contributed by atoms with van der Waals surface area (Å²) in [6.45, 7) is 2.81. The summed E-state index contributed by atoms with van der Waals surface area (Å²) in [5, 5.41) is 2.79. The van der Waals surface area contributed by atoms with Gasteiger partial charge < -0.3 is 10.2 Å². The summed E-state index contributed by atoms with van der Waals surface area (Å²) in [5.41, 5.74) is 0. The minimum absolute atomic E-state index is 1.01. The molecule has 2 nitrogen and oxygen atoms in total. The summed E-state index contributed by atoms with van der Waals surface area (Å²) in [7, 11) is 1.90. The lowest BCUT2D eigenvalue weighted by molar-refractivity contribution is 0.551. The summed E-state index contributed by atoms with van der Waals surface area (Å²) in [6, 6.07) is 0. The van der Waals surface area contributed by atoms with E-state index in [4.69, 9.17) is 0 Å². The first-order valence-corrected chi connectivity index (χ1v) is 2.70. The first-order chi connectivity index (χ1) is 3.30. The monoisotopic (exact) mass is 160 g/mol. The zero-order chi connectivity index (χ0) is 5.28. The Morgan fingerprint density at radius 2 is 2.71 bits per heavy atom. The molecule has 0 saturated carbocycles. The first-order valence-electron chi connectivity index (χ1n) is 1.91. The number of hydrogen-bond donors (Lipinski definition) is 1. The maximum atomic E-state index is 3.27. The average Bonchev–Trinajstić information content (AvgIpc) is 1.91. The van der Waals surface area contributed by atoms with Gasteiger partial charge in [-0.15, -0.1) is 0 Å².